The zero-order chi connectivity index (χ0) is 26.6. The number of amides is 1. The third-order valence-corrected chi connectivity index (χ3v) is 6.02. The first-order chi connectivity index (χ1) is 17.0. The summed E-state index contributed by atoms with van der Waals surface area (Å²) in [5.41, 5.74) is 5.11. The number of nitriles is 1. The first-order valence-electron chi connectivity index (χ1n) is 11.9. The second-order valence-corrected chi connectivity index (χ2v) is 9.35. The van der Waals surface area contributed by atoms with Crippen molar-refractivity contribution in [2.75, 3.05) is 11.9 Å². The van der Waals surface area contributed by atoms with E-state index in [0.717, 1.165) is 0 Å². The van der Waals surface area contributed by atoms with Gasteiger partial charge in [0.05, 0.1) is 5.69 Å². The number of esters is 2. The number of fused-ring (bicyclic) bond motifs is 1. The fraction of sp³-hybridized carbons (Fsp3) is 0.583. The van der Waals surface area contributed by atoms with Gasteiger partial charge < -0.3 is 25.3 Å². The third kappa shape index (κ3) is 5.47. The monoisotopic (exact) mass is 500 g/mol. The zero-order valence-electron chi connectivity index (χ0n) is 21.1. The van der Waals surface area contributed by atoms with Gasteiger partial charge in [-0.2, -0.15) is 10.4 Å². The molecule has 12 heteroatoms. The third-order valence-electron chi connectivity index (χ3n) is 6.02. The molecule has 3 heterocycles. The maximum Gasteiger partial charge on any atom is 0.323 e. The van der Waals surface area contributed by atoms with Crippen molar-refractivity contribution in [1.29, 1.82) is 5.26 Å². The summed E-state index contributed by atoms with van der Waals surface area (Å²) in [6.07, 6.45) is -0.393. The highest BCUT2D eigenvalue weighted by atomic mass is 16.6. The number of aromatic nitrogens is 3. The van der Waals surface area contributed by atoms with Gasteiger partial charge in [0, 0.05) is 18.8 Å². The molecule has 0 saturated carbocycles. The van der Waals surface area contributed by atoms with Crippen LogP contribution in [0.2, 0.25) is 0 Å². The standard InChI is InChI=1S/C24H32N6O6/c1-6-19(31)35-16-9-24(11-25,36-17(16)10-34-23(33)20(26)13(2)3)18-8-7-15-21(27-12-28-30(15)18)29-22(32)14(4)5/h7-8,12-14,16-17,20H,6,9-10,26H2,1-5H3,(H,27,28,29,32)/t16-,17?,20-,24-/m0/s1. The van der Waals surface area contributed by atoms with Crippen molar-refractivity contribution in [3.8, 4) is 6.07 Å². The zero-order valence-corrected chi connectivity index (χ0v) is 21.1. The van der Waals surface area contributed by atoms with Crippen LogP contribution in [0, 0.1) is 23.2 Å². The van der Waals surface area contributed by atoms with E-state index in [1.165, 1.54) is 10.8 Å². The van der Waals surface area contributed by atoms with Crippen LogP contribution in [-0.2, 0) is 34.2 Å². The molecule has 1 fully saturated rings. The van der Waals surface area contributed by atoms with Crippen LogP contribution in [0.3, 0.4) is 0 Å². The van der Waals surface area contributed by atoms with E-state index >= 15 is 0 Å². The lowest BCUT2D eigenvalue weighted by atomic mass is 9.96. The van der Waals surface area contributed by atoms with Crippen molar-refractivity contribution in [2.45, 2.75) is 71.3 Å². The molecule has 2 aromatic heterocycles. The maximum atomic E-state index is 12.3. The molecule has 3 rings (SSSR count). The van der Waals surface area contributed by atoms with E-state index < -0.39 is 35.8 Å². The molecule has 1 unspecified atom stereocenters. The number of nitrogens with two attached hydrogens (primary N) is 1. The largest absolute Gasteiger partial charge is 0.462 e. The van der Waals surface area contributed by atoms with Crippen LogP contribution in [0.25, 0.3) is 5.52 Å². The Bertz CT molecular complexity index is 1170. The van der Waals surface area contributed by atoms with Gasteiger partial charge in [0.1, 0.15) is 42.8 Å². The highest BCUT2D eigenvalue weighted by Gasteiger charge is 2.52. The predicted molar refractivity (Wildman–Crippen MR) is 127 cm³/mol. The van der Waals surface area contributed by atoms with Crippen LogP contribution in [0.4, 0.5) is 5.82 Å². The number of anilines is 1. The molecule has 12 nitrogen and oxygen atoms in total. The van der Waals surface area contributed by atoms with Crippen LogP contribution in [0.15, 0.2) is 18.5 Å². The van der Waals surface area contributed by atoms with Gasteiger partial charge in [-0.1, -0.05) is 34.6 Å². The normalized spacial score (nSPS) is 22.4. The first kappa shape index (κ1) is 27.0. The molecule has 0 aromatic carbocycles. The summed E-state index contributed by atoms with van der Waals surface area (Å²) in [5.74, 6) is -1.43. The summed E-state index contributed by atoms with van der Waals surface area (Å²) in [5, 5.41) is 17.2. The molecule has 1 aliphatic rings. The van der Waals surface area contributed by atoms with Gasteiger partial charge in [-0.15, -0.1) is 0 Å². The van der Waals surface area contributed by atoms with Crippen LogP contribution in [0.5, 0.6) is 0 Å². The van der Waals surface area contributed by atoms with Gasteiger partial charge in [-0.05, 0) is 18.1 Å². The minimum atomic E-state index is -1.57. The van der Waals surface area contributed by atoms with E-state index in [9.17, 15) is 19.6 Å². The van der Waals surface area contributed by atoms with Crippen LogP contribution >= 0.6 is 0 Å². The van der Waals surface area contributed by atoms with E-state index in [0.29, 0.717) is 11.2 Å². The molecule has 1 aliphatic heterocycles. The maximum absolute atomic E-state index is 12.3. The first-order valence-corrected chi connectivity index (χ1v) is 11.9. The van der Waals surface area contributed by atoms with Crippen LogP contribution in [0.1, 0.15) is 53.2 Å². The minimum Gasteiger partial charge on any atom is -0.462 e. The fourth-order valence-electron chi connectivity index (χ4n) is 3.73. The molecule has 0 spiro atoms. The number of hydrogen-bond acceptors (Lipinski definition) is 10. The topological polar surface area (TPSA) is 171 Å². The predicted octanol–water partition coefficient (Wildman–Crippen LogP) is 1.68. The molecule has 0 radical (unpaired) electrons. The van der Waals surface area contributed by atoms with Gasteiger partial charge in [0.15, 0.2) is 5.82 Å². The lowest BCUT2D eigenvalue weighted by Crippen LogP contribution is -2.40. The van der Waals surface area contributed by atoms with Crippen molar-refractivity contribution in [1.82, 2.24) is 14.6 Å². The van der Waals surface area contributed by atoms with Gasteiger partial charge in [0.2, 0.25) is 11.5 Å². The molecule has 194 valence electrons. The molecule has 1 saturated heterocycles. The summed E-state index contributed by atoms with van der Waals surface area (Å²) in [6, 6.07) is 4.66. The van der Waals surface area contributed by atoms with Crippen LogP contribution in [-0.4, -0.2) is 57.3 Å². The fourth-order valence-corrected chi connectivity index (χ4v) is 3.73. The Balaban J connectivity index is 1.93. The Labute approximate surface area is 209 Å². The van der Waals surface area contributed by atoms with E-state index in [2.05, 4.69) is 21.5 Å². The number of nitrogens with zero attached hydrogens (tertiary/aromatic N) is 4. The highest BCUT2D eigenvalue weighted by Crippen LogP contribution is 2.41. The van der Waals surface area contributed by atoms with Crippen LogP contribution < -0.4 is 11.1 Å². The second-order valence-electron chi connectivity index (χ2n) is 9.35. The SMILES string of the molecule is CCC(=O)O[C@H]1C[C@](C#N)(c2ccc3c(NC(=O)C(C)C)ncnn23)OC1COC(=O)[C@@H](N)C(C)C. The quantitative estimate of drug-likeness (QED) is 0.483. The number of rotatable bonds is 9. The van der Waals surface area contributed by atoms with Gasteiger partial charge in [0.25, 0.3) is 0 Å². The summed E-state index contributed by atoms with van der Waals surface area (Å²) < 4.78 is 18.5. The molecule has 0 aliphatic carbocycles. The summed E-state index contributed by atoms with van der Waals surface area (Å²) in [4.78, 5) is 40.8. The summed E-state index contributed by atoms with van der Waals surface area (Å²) in [7, 11) is 0. The smallest absolute Gasteiger partial charge is 0.323 e. The molecule has 4 atom stereocenters. The average molecular weight is 501 g/mol. The van der Waals surface area contributed by atoms with Gasteiger partial charge in [-0.3, -0.25) is 14.4 Å². The number of nitrogens with one attached hydrogen (secondary N) is 1. The van der Waals surface area contributed by atoms with Crippen molar-refractivity contribution in [2.24, 2.45) is 17.6 Å². The van der Waals surface area contributed by atoms with Crippen molar-refractivity contribution < 1.29 is 28.6 Å². The molecule has 1 amide bonds. The molecule has 36 heavy (non-hydrogen) atoms. The lowest BCUT2D eigenvalue weighted by Gasteiger charge is -2.22. The Morgan fingerprint density at radius 1 is 1.33 bits per heavy atom. The lowest BCUT2D eigenvalue weighted by molar-refractivity contribution is -0.159. The van der Waals surface area contributed by atoms with Crippen molar-refractivity contribution in [3.05, 3.63) is 24.2 Å². The number of hydrogen-bond donors (Lipinski definition) is 2. The van der Waals surface area contributed by atoms with E-state index in [-0.39, 0.29) is 43.0 Å². The average Bonchev–Trinajstić information content (AvgIpc) is 3.44. The number of carbonyl (C=O) groups is 3. The Kier molecular flexibility index (Phi) is 8.27. The van der Waals surface area contributed by atoms with Crippen molar-refractivity contribution in [3.63, 3.8) is 0 Å². The summed E-state index contributed by atoms with van der Waals surface area (Å²) >= 11 is 0. The van der Waals surface area contributed by atoms with E-state index in [1.807, 2.05) is 0 Å². The molecule has 3 N–H and O–H groups in total. The summed E-state index contributed by atoms with van der Waals surface area (Å²) in [6.45, 7) is 8.50. The molecule has 0 bridgehead atoms. The Hall–Kier alpha value is -3.56. The number of carbonyl (C=O) groups excluding carboxylic acids is 3. The molecular formula is C24H32N6O6. The minimum absolute atomic E-state index is 0.0164. The second kappa shape index (κ2) is 11.0. The van der Waals surface area contributed by atoms with E-state index in [1.54, 1.807) is 46.8 Å². The number of ether oxygens (including phenoxy) is 3. The van der Waals surface area contributed by atoms with Gasteiger partial charge in [-0.25, -0.2) is 9.50 Å². The van der Waals surface area contributed by atoms with Gasteiger partial charge >= 0.3 is 11.9 Å². The molecule has 2 aromatic rings. The Morgan fingerprint density at radius 3 is 2.67 bits per heavy atom. The Morgan fingerprint density at radius 2 is 2.06 bits per heavy atom. The van der Waals surface area contributed by atoms with Crippen molar-refractivity contribution >= 4 is 29.2 Å². The molecular weight excluding hydrogens is 468 g/mol. The highest BCUT2D eigenvalue weighted by molar-refractivity contribution is 5.94. The van der Waals surface area contributed by atoms with E-state index in [4.69, 9.17) is 19.9 Å².